The normalized spacial score (nSPS) is 36.2. The Bertz CT molecular complexity index is 202. The molecule has 0 radical (unpaired) electrons. The van der Waals surface area contributed by atoms with Crippen LogP contribution >= 0.6 is 0 Å². The second kappa shape index (κ2) is 2.32. The Morgan fingerprint density at radius 1 is 1.55 bits per heavy atom. The van der Waals surface area contributed by atoms with Gasteiger partial charge in [0.05, 0.1) is 6.61 Å². The van der Waals surface area contributed by atoms with Crippen molar-refractivity contribution in [3.05, 3.63) is 12.2 Å². The predicted molar refractivity (Wildman–Crippen MR) is 34.5 cm³/mol. The summed E-state index contributed by atoms with van der Waals surface area (Å²) < 4.78 is 15.0. The van der Waals surface area contributed by atoms with Crippen molar-refractivity contribution in [1.29, 1.82) is 0 Å². The van der Waals surface area contributed by atoms with Gasteiger partial charge < -0.3 is 14.2 Å². The zero-order chi connectivity index (χ0) is 7.73. The van der Waals surface area contributed by atoms with E-state index in [4.69, 9.17) is 14.2 Å². The van der Waals surface area contributed by atoms with E-state index in [0.29, 0.717) is 13.0 Å². The Balaban J connectivity index is 2.10. The molecule has 0 aromatic heterocycles. The van der Waals surface area contributed by atoms with E-state index in [9.17, 15) is 4.79 Å². The van der Waals surface area contributed by atoms with Crippen molar-refractivity contribution in [3.63, 3.8) is 0 Å². The molecule has 0 aromatic rings. The molecule has 0 amide bonds. The molecule has 0 unspecified atom stereocenters. The Morgan fingerprint density at radius 2 is 2.45 bits per heavy atom. The molecule has 0 N–H and O–H groups in total. The minimum Gasteiger partial charge on any atom is -0.426 e. The van der Waals surface area contributed by atoms with Gasteiger partial charge in [-0.1, -0.05) is 0 Å². The van der Waals surface area contributed by atoms with Gasteiger partial charge >= 0.3 is 5.97 Å². The minimum absolute atomic E-state index is 0.192. The second-order valence-electron chi connectivity index (χ2n) is 2.49. The number of esters is 1. The summed E-state index contributed by atoms with van der Waals surface area (Å²) in [7, 11) is 0. The Kier molecular flexibility index (Phi) is 1.44. The van der Waals surface area contributed by atoms with Crippen molar-refractivity contribution >= 4 is 5.97 Å². The Morgan fingerprint density at radius 3 is 3.00 bits per heavy atom. The number of carbonyl (C=O) groups is 1. The molecule has 4 nitrogen and oxygen atoms in total. The summed E-state index contributed by atoms with van der Waals surface area (Å²) >= 11 is 0. The molecule has 0 bridgehead atoms. The fourth-order valence-electron chi connectivity index (χ4n) is 1.13. The molecule has 4 heteroatoms. The van der Waals surface area contributed by atoms with Crippen LogP contribution in [0.1, 0.15) is 6.42 Å². The first-order chi connectivity index (χ1) is 5.31. The Labute approximate surface area is 63.7 Å². The smallest absolute Gasteiger partial charge is 0.333 e. The van der Waals surface area contributed by atoms with Crippen LogP contribution in [0.4, 0.5) is 0 Å². The van der Waals surface area contributed by atoms with Crippen molar-refractivity contribution < 1.29 is 19.0 Å². The van der Waals surface area contributed by atoms with Crippen molar-refractivity contribution in [1.82, 2.24) is 0 Å². The summed E-state index contributed by atoms with van der Waals surface area (Å²) in [6.07, 6.45) is 3.60. The van der Waals surface area contributed by atoms with Crippen LogP contribution in [0.25, 0.3) is 0 Å². The van der Waals surface area contributed by atoms with Gasteiger partial charge in [0.25, 0.3) is 0 Å². The van der Waals surface area contributed by atoms with Gasteiger partial charge in [-0.05, 0) is 6.08 Å². The van der Waals surface area contributed by atoms with Crippen molar-refractivity contribution in [2.45, 2.75) is 12.2 Å². The zero-order valence-electron chi connectivity index (χ0n) is 5.91. The molecule has 2 rings (SSSR count). The molecule has 2 heterocycles. The zero-order valence-corrected chi connectivity index (χ0v) is 5.91. The lowest BCUT2D eigenvalue weighted by molar-refractivity contribution is -0.265. The van der Waals surface area contributed by atoms with Gasteiger partial charge in [0.1, 0.15) is 0 Å². The molecule has 0 aromatic carbocycles. The first kappa shape index (κ1) is 6.82. The van der Waals surface area contributed by atoms with Gasteiger partial charge in [-0.25, -0.2) is 4.79 Å². The SMILES string of the molecule is O=C1C=C[C@]2(CCOCO2)O1. The first-order valence-electron chi connectivity index (χ1n) is 3.45. The molecule has 0 saturated carbocycles. The quantitative estimate of drug-likeness (QED) is 0.469. The highest BCUT2D eigenvalue weighted by Crippen LogP contribution is 2.27. The molecule has 1 saturated heterocycles. The van der Waals surface area contributed by atoms with Crippen LogP contribution in [0.5, 0.6) is 0 Å². The minimum atomic E-state index is -0.810. The van der Waals surface area contributed by atoms with Crippen LogP contribution in [0, 0.1) is 0 Å². The largest absolute Gasteiger partial charge is 0.426 e. The van der Waals surface area contributed by atoms with Gasteiger partial charge in [-0.3, -0.25) is 0 Å². The lowest BCUT2D eigenvalue weighted by Crippen LogP contribution is -2.38. The molecule has 0 aliphatic carbocycles. The van der Waals surface area contributed by atoms with E-state index >= 15 is 0 Å². The molecule has 2 aliphatic heterocycles. The van der Waals surface area contributed by atoms with Crippen LogP contribution in [0.2, 0.25) is 0 Å². The highest BCUT2D eigenvalue weighted by Gasteiger charge is 2.38. The summed E-state index contributed by atoms with van der Waals surface area (Å²) in [5, 5.41) is 0. The van der Waals surface area contributed by atoms with Crippen LogP contribution in [-0.4, -0.2) is 25.2 Å². The fourth-order valence-corrected chi connectivity index (χ4v) is 1.13. The van der Waals surface area contributed by atoms with Crippen molar-refractivity contribution in [2.75, 3.05) is 13.4 Å². The fraction of sp³-hybridized carbons (Fsp3) is 0.571. The van der Waals surface area contributed by atoms with E-state index < -0.39 is 5.79 Å². The lowest BCUT2D eigenvalue weighted by Gasteiger charge is -2.30. The van der Waals surface area contributed by atoms with Crippen LogP contribution in [-0.2, 0) is 19.0 Å². The van der Waals surface area contributed by atoms with Crippen LogP contribution < -0.4 is 0 Å². The average molecular weight is 156 g/mol. The molecule has 1 fully saturated rings. The van der Waals surface area contributed by atoms with Gasteiger partial charge in [0.15, 0.2) is 6.79 Å². The maximum Gasteiger partial charge on any atom is 0.333 e. The Hall–Kier alpha value is -0.870. The summed E-state index contributed by atoms with van der Waals surface area (Å²) in [5.41, 5.74) is 0. The third-order valence-electron chi connectivity index (χ3n) is 1.73. The predicted octanol–water partition coefficient (Wildman–Crippen LogP) is 0.190. The third kappa shape index (κ3) is 1.15. The van der Waals surface area contributed by atoms with E-state index in [1.54, 1.807) is 6.08 Å². The highest BCUT2D eigenvalue weighted by molar-refractivity contribution is 5.84. The summed E-state index contributed by atoms with van der Waals surface area (Å²) in [6, 6.07) is 0. The van der Waals surface area contributed by atoms with E-state index in [-0.39, 0.29) is 12.8 Å². The average Bonchev–Trinajstić information content (AvgIpc) is 2.34. The van der Waals surface area contributed by atoms with E-state index in [1.165, 1.54) is 6.08 Å². The maximum absolute atomic E-state index is 10.7. The number of hydrogen-bond acceptors (Lipinski definition) is 4. The number of hydrogen-bond donors (Lipinski definition) is 0. The van der Waals surface area contributed by atoms with E-state index in [2.05, 4.69) is 0 Å². The summed E-state index contributed by atoms with van der Waals surface area (Å²) in [6.45, 7) is 0.759. The van der Waals surface area contributed by atoms with E-state index in [1.807, 2.05) is 0 Å². The summed E-state index contributed by atoms with van der Waals surface area (Å²) in [4.78, 5) is 10.7. The standard InChI is InChI=1S/C7H8O4/c8-6-1-2-7(11-6)3-4-9-5-10-7/h1-2H,3-5H2/t7-/m1/s1. The van der Waals surface area contributed by atoms with Gasteiger partial charge in [0, 0.05) is 12.5 Å². The second-order valence-corrected chi connectivity index (χ2v) is 2.49. The molecule has 1 atom stereocenters. The summed E-state index contributed by atoms with van der Waals surface area (Å²) in [5.74, 6) is -1.15. The number of rotatable bonds is 0. The maximum atomic E-state index is 10.7. The monoisotopic (exact) mass is 156 g/mol. The molecular weight excluding hydrogens is 148 g/mol. The van der Waals surface area contributed by atoms with Gasteiger partial charge in [-0.15, -0.1) is 0 Å². The highest BCUT2D eigenvalue weighted by atomic mass is 16.8. The lowest BCUT2D eigenvalue weighted by atomic mass is 10.2. The van der Waals surface area contributed by atoms with Crippen LogP contribution in [0.15, 0.2) is 12.2 Å². The molecule has 60 valence electrons. The van der Waals surface area contributed by atoms with Gasteiger partial charge in [-0.2, -0.15) is 0 Å². The molecule has 1 spiro atoms. The number of ether oxygens (including phenoxy) is 3. The third-order valence-corrected chi connectivity index (χ3v) is 1.73. The number of carbonyl (C=O) groups excluding carboxylic acids is 1. The first-order valence-corrected chi connectivity index (χ1v) is 3.45. The topological polar surface area (TPSA) is 44.8 Å². The molecule has 2 aliphatic rings. The molecule has 11 heavy (non-hydrogen) atoms. The van der Waals surface area contributed by atoms with Crippen molar-refractivity contribution in [3.8, 4) is 0 Å². The molecular formula is C7H8O4. The van der Waals surface area contributed by atoms with Crippen LogP contribution in [0.3, 0.4) is 0 Å². The van der Waals surface area contributed by atoms with Crippen molar-refractivity contribution in [2.24, 2.45) is 0 Å². The van der Waals surface area contributed by atoms with Gasteiger partial charge in [0.2, 0.25) is 5.79 Å². The van der Waals surface area contributed by atoms with E-state index in [0.717, 1.165) is 0 Å².